The van der Waals surface area contributed by atoms with E-state index in [0.717, 1.165) is 30.5 Å². The predicted octanol–water partition coefficient (Wildman–Crippen LogP) is 1.58. The maximum atomic E-state index is 5.68. The van der Waals surface area contributed by atoms with Crippen LogP contribution in [0.1, 0.15) is 32.6 Å². The van der Waals surface area contributed by atoms with E-state index in [1.165, 1.54) is 51.9 Å². The van der Waals surface area contributed by atoms with Crippen molar-refractivity contribution in [2.45, 2.75) is 50.8 Å². The van der Waals surface area contributed by atoms with Gasteiger partial charge in [-0.1, -0.05) is 6.92 Å². The summed E-state index contributed by atoms with van der Waals surface area (Å²) in [6.07, 6.45) is 6.30. The van der Waals surface area contributed by atoms with Crippen molar-refractivity contribution in [3.05, 3.63) is 0 Å². The lowest BCUT2D eigenvalue weighted by Gasteiger charge is -2.33. The molecule has 4 fully saturated rings. The van der Waals surface area contributed by atoms with Crippen LogP contribution in [0.3, 0.4) is 0 Å². The molecule has 0 radical (unpaired) electrons. The van der Waals surface area contributed by atoms with E-state index in [9.17, 15) is 0 Å². The molecule has 5 atom stereocenters. The highest BCUT2D eigenvalue weighted by Gasteiger charge is 2.44. The molecule has 0 N–H and O–H groups in total. The van der Waals surface area contributed by atoms with Gasteiger partial charge in [-0.05, 0) is 50.6 Å². The summed E-state index contributed by atoms with van der Waals surface area (Å²) in [7, 11) is 0. The zero-order chi connectivity index (χ0) is 12.1. The molecule has 0 aromatic heterocycles. The third kappa shape index (κ3) is 1.83. The molecule has 3 saturated heterocycles. The van der Waals surface area contributed by atoms with Gasteiger partial charge in [0.15, 0.2) is 0 Å². The van der Waals surface area contributed by atoms with Gasteiger partial charge in [0.2, 0.25) is 0 Å². The first kappa shape index (κ1) is 11.7. The average Bonchev–Trinajstić information content (AvgIpc) is 3.14. The van der Waals surface area contributed by atoms with Crippen molar-refractivity contribution in [2.24, 2.45) is 11.8 Å². The topological polar surface area (TPSA) is 15.7 Å². The van der Waals surface area contributed by atoms with Crippen LogP contribution >= 0.6 is 0 Å². The van der Waals surface area contributed by atoms with Crippen molar-refractivity contribution < 1.29 is 4.74 Å². The Hall–Kier alpha value is -0.120. The number of hydrogen-bond acceptors (Lipinski definition) is 3. The zero-order valence-corrected chi connectivity index (χ0v) is 11.6. The van der Waals surface area contributed by atoms with Gasteiger partial charge in [0, 0.05) is 25.2 Å². The largest absolute Gasteiger partial charge is 0.375 e. The van der Waals surface area contributed by atoms with E-state index in [1.54, 1.807) is 0 Å². The summed E-state index contributed by atoms with van der Waals surface area (Å²) in [5.41, 5.74) is 0. The van der Waals surface area contributed by atoms with Crippen LogP contribution in [-0.4, -0.2) is 60.8 Å². The molecule has 5 unspecified atom stereocenters. The van der Waals surface area contributed by atoms with Crippen molar-refractivity contribution in [2.75, 3.05) is 32.8 Å². The van der Waals surface area contributed by atoms with Gasteiger partial charge in [-0.2, -0.15) is 0 Å². The van der Waals surface area contributed by atoms with E-state index in [4.69, 9.17) is 4.74 Å². The number of hydrogen-bond donors (Lipinski definition) is 0. The Labute approximate surface area is 110 Å². The van der Waals surface area contributed by atoms with Gasteiger partial charge in [0.05, 0.1) is 12.7 Å². The molecule has 1 aliphatic carbocycles. The monoisotopic (exact) mass is 250 g/mol. The maximum Gasteiger partial charge on any atom is 0.0718 e. The fraction of sp³-hybridized carbons (Fsp3) is 1.00. The van der Waals surface area contributed by atoms with Crippen molar-refractivity contribution >= 4 is 0 Å². The highest BCUT2D eigenvalue weighted by molar-refractivity contribution is 4.98. The number of nitrogens with zero attached hydrogens (tertiary/aromatic N) is 2. The van der Waals surface area contributed by atoms with Crippen molar-refractivity contribution in [1.29, 1.82) is 0 Å². The van der Waals surface area contributed by atoms with Gasteiger partial charge in [0.1, 0.15) is 0 Å². The molecule has 3 nitrogen and oxygen atoms in total. The Morgan fingerprint density at radius 2 is 2.00 bits per heavy atom. The smallest absolute Gasteiger partial charge is 0.0718 e. The molecule has 0 amide bonds. The molecule has 4 rings (SSSR count). The van der Waals surface area contributed by atoms with Crippen molar-refractivity contribution in [1.82, 2.24) is 9.80 Å². The Morgan fingerprint density at radius 3 is 2.61 bits per heavy atom. The number of rotatable bonds is 4. The number of morpholine rings is 1. The summed E-state index contributed by atoms with van der Waals surface area (Å²) in [6.45, 7) is 8.53. The molecular formula is C15H26N2O. The molecule has 0 spiro atoms. The highest BCUT2D eigenvalue weighted by atomic mass is 16.5. The summed E-state index contributed by atoms with van der Waals surface area (Å²) >= 11 is 0. The van der Waals surface area contributed by atoms with E-state index in [1.807, 2.05) is 0 Å². The number of likely N-dealkylation sites (tertiary alicyclic amines) is 2. The summed E-state index contributed by atoms with van der Waals surface area (Å²) in [6, 6.07) is 1.70. The van der Waals surface area contributed by atoms with E-state index >= 15 is 0 Å². The molecule has 1 saturated carbocycles. The van der Waals surface area contributed by atoms with Gasteiger partial charge < -0.3 is 9.64 Å². The minimum Gasteiger partial charge on any atom is -0.375 e. The van der Waals surface area contributed by atoms with E-state index in [0.29, 0.717) is 6.10 Å². The molecule has 18 heavy (non-hydrogen) atoms. The fourth-order valence-corrected chi connectivity index (χ4v) is 4.98. The second-order valence-corrected chi connectivity index (χ2v) is 6.86. The van der Waals surface area contributed by atoms with Crippen molar-refractivity contribution in [3.8, 4) is 0 Å². The first-order valence-corrected chi connectivity index (χ1v) is 7.93. The van der Waals surface area contributed by atoms with Gasteiger partial charge in [-0.15, -0.1) is 0 Å². The second kappa shape index (κ2) is 4.46. The molecule has 102 valence electrons. The van der Waals surface area contributed by atoms with Crippen LogP contribution in [0.15, 0.2) is 0 Å². The fourth-order valence-electron chi connectivity index (χ4n) is 4.98. The molecule has 4 bridgehead atoms. The first-order chi connectivity index (χ1) is 8.83. The lowest BCUT2D eigenvalue weighted by atomic mass is 9.91. The number of fused-ring (bicyclic) bond motifs is 4. The minimum absolute atomic E-state index is 0.575. The Kier molecular flexibility index (Phi) is 2.90. The van der Waals surface area contributed by atoms with Gasteiger partial charge >= 0.3 is 0 Å². The van der Waals surface area contributed by atoms with Crippen LogP contribution in [0.25, 0.3) is 0 Å². The quantitative estimate of drug-likeness (QED) is 0.753. The number of piperidine rings is 1. The lowest BCUT2D eigenvalue weighted by molar-refractivity contribution is 0.0266. The van der Waals surface area contributed by atoms with Crippen LogP contribution in [0, 0.1) is 11.8 Å². The Balaban J connectivity index is 1.28. The summed E-state index contributed by atoms with van der Waals surface area (Å²) in [4.78, 5) is 5.41. The molecule has 0 aromatic rings. The third-order valence-electron chi connectivity index (χ3n) is 6.01. The molecule has 0 aromatic carbocycles. The number of ether oxygens (including phenoxy) is 1. The zero-order valence-electron chi connectivity index (χ0n) is 11.6. The molecular weight excluding hydrogens is 224 g/mol. The van der Waals surface area contributed by atoms with Gasteiger partial charge in [0.25, 0.3) is 0 Å². The maximum absolute atomic E-state index is 5.68. The van der Waals surface area contributed by atoms with E-state index < -0.39 is 0 Å². The minimum atomic E-state index is 0.575. The van der Waals surface area contributed by atoms with Crippen LogP contribution < -0.4 is 0 Å². The Morgan fingerprint density at radius 1 is 1.06 bits per heavy atom. The van der Waals surface area contributed by atoms with Crippen LogP contribution in [-0.2, 0) is 4.74 Å². The average molecular weight is 250 g/mol. The SMILES string of the molecule is CCN1CC2CC1CC2CCN1CC2CC1CO2. The lowest BCUT2D eigenvalue weighted by Crippen LogP contribution is -2.40. The molecule has 3 heteroatoms. The van der Waals surface area contributed by atoms with Gasteiger partial charge in [-0.25, -0.2) is 0 Å². The van der Waals surface area contributed by atoms with E-state index in [2.05, 4.69) is 16.7 Å². The summed E-state index contributed by atoms with van der Waals surface area (Å²) < 4.78 is 5.68. The molecule has 3 aliphatic heterocycles. The van der Waals surface area contributed by atoms with Gasteiger partial charge in [-0.3, -0.25) is 4.90 Å². The second-order valence-electron chi connectivity index (χ2n) is 6.86. The standard InChI is InChI=1S/C15H26N2O/c1-2-16-8-12-6-13(16)5-11(12)3-4-17-9-15-7-14(17)10-18-15/h11-15H,2-10H2,1H3. The Bertz CT molecular complexity index is 322. The summed E-state index contributed by atoms with van der Waals surface area (Å²) in [5.74, 6) is 2.05. The molecule has 3 heterocycles. The summed E-state index contributed by atoms with van der Waals surface area (Å²) in [5, 5.41) is 0. The third-order valence-corrected chi connectivity index (χ3v) is 6.01. The van der Waals surface area contributed by atoms with Crippen LogP contribution in [0.2, 0.25) is 0 Å². The van der Waals surface area contributed by atoms with Crippen LogP contribution in [0.5, 0.6) is 0 Å². The van der Waals surface area contributed by atoms with Crippen LogP contribution in [0.4, 0.5) is 0 Å². The molecule has 4 aliphatic rings. The van der Waals surface area contributed by atoms with E-state index in [-0.39, 0.29) is 0 Å². The highest BCUT2D eigenvalue weighted by Crippen LogP contribution is 2.43. The normalized spacial score (nSPS) is 47.5. The predicted molar refractivity (Wildman–Crippen MR) is 71.6 cm³/mol. The van der Waals surface area contributed by atoms with Crippen molar-refractivity contribution in [3.63, 3.8) is 0 Å². The first-order valence-electron chi connectivity index (χ1n) is 7.93.